The molecule has 0 aliphatic carbocycles. The van der Waals surface area contributed by atoms with E-state index < -0.39 is 0 Å². The van der Waals surface area contributed by atoms with Gasteiger partial charge in [0.25, 0.3) is 5.89 Å². The van der Waals surface area contributed by atoms with Gasteiger partial charge in [0, 0.05) is 4.88 Å². The second kappa shape index (κ2) is 6.41. The fourth-order valence-corrected chi connectivity index (χ4v) is 4.27. The third-order valence-electron chi connectivity index (χ3n) is 3.72. The summed E-state index contributed by atoms with van der Waals surface area (Å²) in [6.45, 7) is 4.28. The van der Waals surface area contributed by atoms with Gasteiger partial charge < -0.3 is 9.40 Å². The third kappa shape index (κ3) is 2.97. The Morgan fingerprint density at radius 3 is 2.92 bits per heavy atom. The van der Waals surface area contributed by atoms with Crippen molar-refractivity contribution < 1.29 is 4.42 Å². The molecule has 0 spiro atoms. The highest BCUT2D eigenvalue weighted by Crippen LogP contribution is 2.31. The highest BCUT2D eigenvalue weighted by Gasteiger charge is 2.14. The quantitative estimate of drug-likeness (QED) is 0.518. The molecule has 4 rings (SSSR count). The van der Waals surface area contributed by atoms with Crippen molar-refractivity contribution in [3.05, 3.63) is 46.7 Å². The molecule has 0 unspecified atom stereocenters. The van der Waals surface area contributed by atoms with Gasteiger partial charge in [0.1, 0.15) is 0 Å². The van der Waals surface area contributed by atoms with E-state index in [2.05, 4.69) is 40.1 Å². The normalized spacial score (nSPS) is 11.4. The molecule has 4 aromatic rings. The summed E-state index contributed by atoms with van der Waals surface area (Å²) in [5, 5.41) is 9.19. The number of fused-ring (bicyclic) bond motifs is 1. The number of nitrogens with one attached hydrogen (secondary N) is 1. The van der Waals surface area contributed by atoms with Crippen molar-refractivity contribution in [3.8, 4) is 10.8 Å². The lowest BCUT2D eigenvalue weighted by molar-refractivity contribution is 0.529. The van der Waals surface area contributed by atoms with E-state index >= 15 is 0 Å². The van der Waals surface area contributed by atoms with Crippen molar-refractivity contribution in [1.82, 2.24) is 20.2 Å². The molecule has 0 radical (unpaired) electrons. The highest BCUT2D eigenvalue weighted by atomic mass is 32.2. The smallest absolute Gasteiger partial charge is 0.257 e. The predicted molar refractivity (Wildman–Crippen MR) is 97.4 cm³/mol. The first-order chi connectivity index (χ1) is 11.7. The molecular formula is C17H16N4OS2. The zero-order chi connectivity index (χ0) is 16.5. The van der Waals surface area contributed by atoms with Crippen molar-refractivity contribution in [2.45, 2.75) is 31.2 Å². The maximum Gasteiger partial charge on any atom is 0.257 e. The van der Waals surface area contributed by atoms with Gasteiger partial charge in [0.15, 0.2) is 5.16 Å². The third-order valence-corrected chi connectivity index (χ3v) is 5.95. The summed E-state index contributed by atoms with van der Waals surface area (Å²) in [6.07, 6.45) is 1.03. The van der Waals surface area contributed by atoms with Gasteiger partial charge in [-0.25, -0.2) is 4.98 Å². The Labute approximate surface area is 147 Å². The second-order valence-corrected chi connectivity index (χ2v) is 7.52. The van der Waals surface area contributed by atoms with Gasteiger partial charge in [-0.1, -0.05) is 30.8 Å². The van der Waals surface area contributed by atoms with Crippen LogP contribution in [0.2, 0.25) is 0 Å². The number of benzene rings is 1. The summed E-state index contributed by atoms with van der Waals surface area (Å²) in [5.74, 6) is 1.81. The number of H-pyrrole nitrogens is 1. The molecular weight excluding hydrogens is 340 g/mol. The van der Waals surface area contributed by atoms with Crippen LogP contribution >= 0.6 is 23.1 Å². The molecule has 0 aliphatic heterocycles. The number of para-hydroxylation sites is 2. The first-order valence-electron chi connectivity index (χ1n) is 7.72. The van der Waals surface area contributed by atoms with Crippen molar-refractivity contribution in [2.24, 2.45) is 0 Å². The number of imidazole rings is 1. The fraction of sp³-hybridized carbons (Fsp3) is 0.235. The van der Waals surface area contributed by atoms with E-state index in [-0.39, 0.29) is 0 Å². The molecule has 1 N–H and O–H groups in total. The van der Waals surface area contributed by atoms with E-state index in [1.807, 2.05) is 24.3 Å². The van der Waals surface area contributed by atoms with Gasteiger partial charge >= 0.3 is 0 Å². The van der Waals surface area contributed by atoms with Crippen LogP contribution in [0, 0.1) is 6.92 Å². The summed E-state index contributed by atoms with van der Waals surface area (Å²) in [7, 11) is 0. The number of rotatable bonds is 5. The summed E-state index contributed by atoms with van der Waals surface area (Å²) >= 11 is 3.28. The van der Waals surface area contributed by atoms with Gasteiger partial charge in [-0.2, -0.15) is 0 Å². The van der Waals surface area contributed by atoms with Crippen molar-refractivity contribution in [3.63, 3.8) is 0 Å². The van der Waals surface area contributed by atoms with Crippen LogP contribution in [0.5, 0.6) is 0 Å². The molecule has 0 saturated heterocycles. The van der Waals surface area contributed by atoms with E-state index in [1.165, 1.54) is 10.4 Å². The summed E-state index contributed by atoms with van der Waals surface area (Å²) in [5.41, 5.74) is 3.29. The Bertz CT molecular complexity index is 952. The largest absolute Gasteiger partial charge is 0.419 e. The fourth-order valence-electron chi connectivity index (χ4n) is 2.52. The van der Waals surface area contributed by atoms with E-state index in [0.29, 0.717) is 17.5 Å². The van der Waals surface area contributed by atoms with E-state index in [9.17, 15) is 0 Å². The van der Waals surface area contributed by atoms with Gasteiger partial charge in [-0.15, -0.1) is 21.5 Å². The topological polar surface area (TPSA) is 67.6 Å². The molecule has 1 aromatic carbocycles. The zero-order valence-corrected chi connectivity index (χ0v) is 15.0. The number of thioether (sulfide) groups is 1. The van der Waals surface area contributed by atoms with Crippen LogP contribution in [0.4, 0.5) is 0 Å². The van der Waals surface area contributed by atoms with Crippen molar-refractivity contribution in [2.75, 3.05) is 0 Å². The minimum absolute atomic E-state index is 0.595. The number of thiophene rings is 1. The second-order valence-electron chi connectivity index (χ2n) is 5.42. The standard InChI is InChI=1S/C17H16N4OS2/c1-3-13-10(2)8-14(24-13)16-21-20-15(22-16)9-23-17-18-11-6-4-5-7-12(11)19-17/h4-8H,3,9H2,1-2H3,(H,18,19). The molecule has 24 heavy (non-hydrogen) atoms. The highest BCUT2D eigenvalue weighted by molar-refractivity contribution is 7.98. The maximum absolute atomic E-state index is 5.80. The minimum Gasteiger partial charge on any atom is -0.419 e. The predicted octanol–water partition coefficient (Wildman–Crippen LogP) is 4.84. The maximum atomic E-state index is 5.80. The number of aromatic amines is 1. The molecule has 3 heterocycles. The summed E-state index contributed by atoms with van der Waals surface area (Å²) < 4.78 is 5.80. The molecule has 3 aromatic heterocycles. The lowest BCUT2D eigenvalue weighted by Gasteiger charge is -1.92. The van der Waals surface area contributed by atoms with E-state index in [1.54, 1.807) is 23.1 Å². The van der Waals surface area contributed by atoms with Crippen LogP contribution in [0.3, 0.4) is 0 Å². The number of hydrogen-bond acceptors (Lipinski definition) is 6. The Morgan fingerprint density at radius 1 is 1.25 bits per heavy atom. The molecule has 122 valence electrons. The molecule has 5 nitrogen and oxygen atoms in total. The lowest BCUT2D eigenvalue weighted by atomic mass is 10.2. The van der Waals surface area contributed by atoms with Gasteiger partial charge in [0.2, 0.25) is 5.89 Å². The van der Waals surface area contributed by atoms with Crippen LogP contribution < -0.4 is 0 Å². The van der Waals surface area contributed by atoms with E-state index in [0.717, 1.165) is 27.5 Å². The Kier molecular flexibility index (Phi) is 4.12. The van der Waals surface area contributed by atoms with Crippen LogP contribution in [0.1, 0.15) is 23.3 Å². The van der Waals surface area contributed by atoms with Crippen LogP contribution in [-0.2, 0) is 12.2 Å². The Hall–Kier alpha value is -2.12. The Balaban J connectivity index is 1.48. The Morgan fingerprint density at radius 2 is 2.12 bits per heavy atom. The van der Waals surface area contributed by atoms with Gasteiger partial charge in [-0.05, 0) is 37.1 Å². The van der Waals surface area contributed by atoms with Crippen molar-refractivity contribution >= 4 is 34.1 Å². The SMILES string of the molecule is CCc1sc(-c2nnc(CSc3nc4ccccc4[nH]3)o2)cc1C. The number of nitrogens with zero attached hydrogens (tertiary/aromatic N) is 3. The summed E-state index contributed by atoms with van der Waals surface area (Å²) in [4.78, 5) is 10.2. The average Bonchev–Trinajstić information content (AvgIpc) is 3.30. The monoisotopic (exact) mass is 356 g/mol. The molecule has 0 fully saturated rings. The first-order valence-corrected chi connectivity index (χ1v) is 9.52. The number of hydrogen-bond donors (Lipinski definition) is 1. The van der Waals surface area contributed by atoms with Gasteiger partial charge in [0.05, 0.1) is 21.7 Å². The average molecular weight is 356 g/mol. The zero-order valence-electron chi connectivity index (χ0n) is 13.4. The molecule has 0 atom stereocenters. The molecule has 0 bridgehead atoms. The van der Waals surface area contributed by atoms with E-state index in [4.69, 9.17) is 4.42 Å². The van der Waals surface area contributed by atoms with Crippen LogP contribution in [0.25, 0.3) is 21.8 Å². The van der Waals surface area contributed by atoms with Crippen LogP contribution in [-0.4, -0.2) is 20.2 Å². The molecule has 0 aliphatic rings. The molecule has 0 saturated carbocycles. The van der Waals surface area contributed by atoms with Crippen LogP contribution in [0.15, 0.2) is 39.9 Å². The van der Waals surface area contributed by atoms with Crippen molar-refractivity contribution in [1.29, 1.82) is 0 Å². The first kappa shape index (κ1) is 15.4. The number of aromatic nitrogens is 4. The molecule has 0 amide bonds. The lowest BCUT2D eigenvalue weighted by Crippen LogP contribution is -1.81. The number of aryl methyl sites for hydroxylation is 2. The summed E-state index contributed by atoms with van der Waals surface area (Å²) in [6, 6.07) is 10.1. The van der Waals surface area contributed by atoms with Gasteiger partial charge in [-0.3, -0.25) is 0 Å². The molecule has 7 heteroatoms. The minimum atomic E-state index is 0.595.